The minimum atomic E-state index is -1.32. The second-order valence-electron chi connectivity index (χ2n) is 2.84. The molecule has 0 saturated carbocycles. The van der Waals surface area contributed by atoms with Crippen LogP contribution in [0.2, 0.25) is 0 Å². The largest absolute Gasteiger partial charge is 0.464 e. The molecular formula is C9H12O4. The number of ketones is 1. The van der Waals surface area contributed by atoms with Crippen molar-refractivity contribution >= 4 is 11.8 Å². The maximum atomic E-state index is 11.1. The number of rotatable bonds is 3. The van der Waals surface area contributed by atoms with Crippen molar-refractivity contribution < 1.29 is 19.4 Å². The number of ether oxygens (including phenoxy) is 1. The molecule has 13 heavy (non-hydrogen) atoms. The molecule has 0 heterocycles. The molecule has 1 aliphatic rings. The lowest BCUT2D eigenvalue weighted by Gasteiger charge is -2.14. The summed E-state index contributed by atoms with van der Waals surface area (Å²) in [7, 11) is 0. The number of carbonyl (C=O) groups excluding carboxylic acids is 2. The molecule has 0 aromatic heterocycles. The lowest BCUT2D eigenvalue weighted by Crippen LogP contribution is -2.33. The van der Waals surface area contributed by atoms with E-state index in [2.05, 4.69) is 4.74 Å². The molecule has 0 bridgehead atoms. The summed E-state index contributed by atoms with van der Waals surface area (Å²) in [6, 6.07) is 0. The van der Waals surface area contributed by atoms with Crippen LogP contribution < -0.4 is 0 Å². The van der Waals surface area contributed by atoms with Gasteiger partial charge in [-0.15, -0.1) is 0 Å². The van der Waals surface area contributed by atoms with Crippen LogP contribution in [0.3, 0.4) is 0 Å². The highest BCUT2D eigenvalue weighted by Crippen LogP contribution is 2.19. The van der Waals surface area contributed by atoms with E-state index >= 15 is 0 Å². The lowest BCUT2D eigenvalue weighted by atomic mass is 9.99. The normalized spacial score (nSPS) is 23.2. The molecule has 0 aromatic carbocycles. The third kappa shape index (κ3) is 2.15. The molecule has 1 rings (SSSR count). The Morgan fingerprint density at radius 2 is 2.54 bits per heavy atom. The van der Waals surface area contributed by atoms with Gasteiger partial charge >= 0.3 is 5.97 Å². The van der Waals surface area contributed by atoms with Crippen molar-refractivity contribution in [3.05, 3.63) is 12.2 Å². The summed E-state index contributed by atoms with van der Waals surface area (Å²) in [6.45, 7) is 1.86. The Labute approximate surface area is 76.2 Å². The Kier molecular flexibility index (Phi) is 3.19. The predicted octanol–water partition coefficient (Wildman–Crippen LogP) is 0.0556. The average molecular weight is 184 g/mol. The van der Waals surface area contributed by atoms with Crippen molar-refractivity contribution in [2.75, 3.05) is 6.61 Å². The van der Waals surface area contributed by atoms with Crippen molar-refractivity contribution in [3.63, 3.8) is 0 Å². The fraction of sp³-hybridized carbons (Fsp3) is 0.556. The molecule has 0 amide bonds. The number of aliphatic hydroxyl groups excluding tert-OH is 1. The van der Waals surface area contributed by atoms with E-state index in [1.54, 1.807) is 13.0 Å². The van der Waals surface area contributed by atoms with E-state index in [-0.39, 0.29) is 12.4 Å². The van der Waals surface area contributed by atoms with Crippen LogP contribution in [-0.4, -0.2) is 29.6 Å². The van der Waals surface area contributed by atoms with Crippen LogP contribution in [0.25, 0.3) is 0 Å². The zero-order valence-corrected chi connectivity index (χ0v) is 7.40. The first kappa shape index (κ1) is 9.92. The molecule has 0 aliphatic heterocycles. The average Bonchev–Trinajstić information content (AvgIpc) is 2.50. The van der Waals surface area contributed by atoms with Crippen molar-refractivity contribution in [3.8, 4) is 0 Å². The Hall–Kier alpha value is -1.16. The van der Waals surface area contributed by atoms with Gasteiger partial charge in [0, 0.05) is 0 Å². The SMILES string of the molecule is CCOC(=O)[C@@H](O)[C@@H]1CC=CC1=O. The molecule has 2 atom stereocenters. The first-order chi connectivity index (χ1) is 6.16. The highest BCUT2D eigenvalue weighted by Gasteiger charge is 2.33. The van der Waals surface area contributed by atoms with Crippen LogP contribution in [0.15, 0.2) is 12.2 Å². The number of allylic oxidation sites excluding steroid dienone is 2. The molecule has 0 spiro atoms. The molecule has 0 saturated heterocycles. The summed E-state index contributed by atoms with van der Waals surface area (Å²) in [5, 5.41) is 9.38. The molecule has 72 valence electrons. The van der Waals surface area contributed by atoms with Gasteiger partial charge in [-0.3, -0.25) is 4.79 Å². The topological polar surface area (TPSA) is 63.6 Å². The fourth-order valence-electron chi connectivity index (χ4n) is 1.25. The van der Waals surface area contributed by atoms with E-state index in [0.29, 0.717) is 6.42 Å². The number of hydrogen-bond donors (Lipinski definition) is 1. The van der Waals surface area contributed by atoms with Crippen molar-refractivity contribution in [2.24, 2.45) is 5.92 Å². The van der Waals surface area contributed by atoms with E-state index in [4.69, 9.17) is 0 Å². The summed E-state index contributed by atoms with van der Waals surface area (Å²) in [5.74, 6) is -1.57. The van der Waals surface area contributed by atoms with E-state index < -0.39 is 18.0 Å². The highest BCUT2D eigenvalue weighted by molar-refractivity contribution is 5.97. The van der Waals surface area contributed by atoms with Gasteiger partial charge in [0.15, 0.2) is 11.9 Å². The van der Waals surface area contributed by atoms with E-state index in [0.717, 1.165) is 0 Å². The Balaban J connectivity index is 2.52. The molecule has 1 N–H and O–H groups in total. The first-order valence-electron chi connectivity index (χ1n) is 4.22. The monoisotopic (exact) mass is 184 g/mol. The van der Waals surface area contributed by atoms with Gasteiger partial charge in [-0.2, -0.15) is 0 Å². The van der Waals surface area contributed by atoms with Gasteiger partial charge in [0.25, 0.3) is 0 Å². The lowest BCUT2D eigenvalue weighted by molar-refractivity contribution is -0.157. The molecule has 4 heteroatoms. The zero-order valence-electron chi connectivity index (χ0n) is 7.40. The van der Waals surface area contributed by atoms with Gasteiger partial charge in [-0.05, 0) is 19.4 Å². The van der Waals surface area contributed by atoms with Gasteiger partial charge in [0.2, 0.25) is 0 Å². The summed E-state index contributed by atoms with van der Waals surface area (Å²) >= 11 is 0. The molecule has 0 unspecified atom stereocenters. The van der Waals surface area contributed by atoms with Gasteiger partial charge < -0.3 is 9.84 Å². The second-order valence-corrected chi connectivity index (χ2v) is 2.84. The van der Waals surface area contributed by atoms with Crippen molar-refractivity contribution in [2.45, 2.75) is 19.4 Å². The van der Waals surface area contributed by atoms with Crippen molar-refractivity contribution in [1.29, 1.82) is 0 Å². The number of hydrogen-bond acceptors (Lipinski definition) is 4. The molecule has 1 aliphatic carbocycles. The predicted molar refractivity (Wildman–Crippen MR) is 44.9 cm³/mol. The fourth-order valence-corrected chi connectivity index (χ4v) is 1.25. The molecule has 4 nitrogen and oxygen atoms in total. The van der Waals surface area contributed by atoms with E-state index in [1.807, 2.05) is 0 Å². The van der Waals surface area contributed by atoms with Crippen LogP contribution in [0.4, 0.5) is 0 Å². The van der Waals surface area contributed by atoms with Crippen LogP contribution in [0, 0.1) is 5.92 Å². The smallest absolute Gasteiger partial charge is 0.335 e. The summed E-state index contributed by atoms with van der Waals surface area (Å²) in [5.41, 5.74) is 0. The Morgan fingerprint density at radius 1 is 1.85 bits per heavy atom. The van der Waals surface area contributed by atoms with Gasteiger partial charge in [-0.25, -0.2) is 4.79 Å². The van der Waals surface area contributed by atoms with Crippen LogP contribution >= 0.6 is 0 Å². The van der Waals surface area contributed by atoms with Gasteiger partial charge in [0.1, 0.15) is 0 Å². The quantitative estimate of drug-likeness (QED) is 0.630. The minimum Gasteiger partial charge on any atom is -0.464 e. The van der Waals surface area contributed by atoms with E-state index in [1.165, 1.54) is 6.08 Å². The van der Waals surface area contributed by atoms with E-state index in [9.17, 15) is 14.7 Å². The molecule has 0 aromatic rings. The van der Waals surface area contributed by atoms with Crippen LogP contribution in [0.1, 0.15) is 13.3 Å². The highest BCUT2D eigenvalue weighted by atomic mass is 16.5. The Morgan fingerprint density at radius 3 is 3.00 bits per heavy atom. The van der Waals surface area contributed by atoms with Crippen LogP contribution in [-0.2, 0) is 14.3 Å². The molecular weight excluding hydrogens is 172 g/mol. The van der Waals surface area contributed by atoms with Gasteiger partial charge in [0.05, 0.1) is 12.5 Å². The molecule has 0 fully saturated rings. The third-order valence-electron chi connectivity index (χ3n) is 1.95. The summed E-state index contributed by atoms with van der Waals surface area (Å²) in [6.07, 6.45) is 2.13. The van der Waals surface area contributed by atoms with Crippen molar-refractivity contribution in [1.82, 2.24) is 0 Å². The van der Waals surface area contributed by atoms with Crippen LogP contribution in [0.5, 0.6) is 0 Å². The maximum absolute atomic E-state index is 11.1. The summed E-state index contributed by atoms with van der Waals surface area (Å²) in [4.78, 5) is 22.1. The second kappa shape index (κ2) is 4.18. The zero-order chi connectivity index (χ0) is 9.84. The Bertz CT molecular complexity index is 244. The maximum Gasteiger partial charge on any atom is 0.335 e. The number of aliphatic hydroxyl groups is 1. The summed E-state index contributed by atoms with van der Waals surface area (Å²) < 4.78 is 4.60. The van der Waals surface area contributed by atoms with Gasteiger partial charge in [-0.1, -0.05) is 6.08 Å². The standard InChI is InChI=1S/C9H12O4/c1-2-13-9(12)8(11)6-4-3-5-7(6)10/h3,5-6,8,11H,2,4H2,1H3/t6-,8+/m1/s1. The third-order valence-corrected chi connectivity index (χ3v) is 1.95. The number of esters is 1. The molecule has 0 radical (unpaired) electrons. The minimum absolute atomic E-state index is 0.208. The number of carbonyl (C=O) groups is 2. The first-order valence-corrected chi connectivity index (χ1v) is 4.22.